The van der Waals surface area contributed by atoms with E-state index in [0.29, 0.717) is 0 Å². The average Bonchev–Trinajstić information content (AvgIpc) is 2.64. The number of piperidine rings is 1. The second kappa shape index (κ2) is 8.12. The van der Waals surface area contributed by atoms with E-state index in [9.17, 15) is 4.79 Å². The molecule has 2 atom stereocenters. The van der Waals surface area contributed by atoms with Gasteiger partial charge in [-0.2, -0.15) is 0 Å². The smallest absolute Gasteiger partial charge is 0.341 e. The van der Waals surface area contributed by atoms with Crippen LogP contribution in [0.1, 0.15) is 50.3 Å². The molecule has 1 saturated heterocycles. The van der Waals surface area contributed by atoms with Crippen LogP contribution in [0, 0.1) is 5.82 Å². The number of carbonyl (C=O) groups is 1. The summed E-state index contributed by atoms with van der Waals surface area (Å²) >= 11 is 0. The zero-order valence-corrected chi connectivity index (χ0v) is 16.3. The standard InChI is InChI=1S/C20H29FN2O4/c1-4-17-20(5-7-23(8-6-20)12-22-3)19-15(13(2)27-17)9-14(10-16(19)21)26-11-18(24)25/h9-10,13,17,22H,4-8,11-12H2,1-3H3,(H,24,25). The van der Waals surface area contributed by atoms with Crippen molar-refractivity contribution in [2.75, 3.05) is 33.4 Å². The third kappa shape index (κ3) is 3.81. The van der Waals surface area contributed by atoms with Gasteiger partial charge in [0.15, 0.2) is 6.61 Å². The van der Waals surface area contributed by atoms with Crippen molar-refractivity contribution >= 4 is 5.97 Å². The summed E-state index contributed by atoms with van der Waals surface area (Å²) in [6.45, 7) is 6.10. The molecular formula is C20H29FN2O4. The quantitative estimate of drug-likeness (QED) is 0.791. The van der Waals surface area contributed by atoms with E-state index in [-0.39, 0.29) is 29.2 Å². The van der Waals surface area contributed by atoms with Gasteiger partial charge in [0, 0.05) is 36.8 Å². The molecule has 0 bridgehead atoms. The van der Waals surface area contributed by atoms with Crippen LogP contribution < -0.4 is 10.1 Å². The Bertz CT molecular complexity index is 689. The van der Waals surface area contributed by atoms with E-state index in [1.54, 1.807) is 6.07 Å². The number of carboxylic acids is 1. The van der Waals surface area contributed by atoms with Crippen LogP contribution in [0.3, 0.4) is 0 Å². The summed E-state index contributed by atoms with van der Waals surface area (Å²) in [6.07, 6.45) is 2.20. The van der Waals surface area contributed by atoms with Gasteiger partial charge in [-0.3, -0.25) is 4.90 Å². The average molecular weight is 380 g/mol. The van der Waals surface area contributed by atoms with Gasteiger partial charge in [0.2, 0.25) is 0 Å². The van der Waals surface area contributed by atoms with Gasteiger partial charge in [-0.1, -0.05) is 6.92 Å². The molecule has 2 aliphatic rings. The highest BCUT2D eigenvalue weighted by atomic mass is 19.1. The van der Waals surface area contributed by atoms with E-state index >= 15 is 4.39 Å². The molecule has 0 aliphatic carbocycles. The monoisotopic (exact) mass is 380 g/mol. The molecule has 1 aromatic rings. The van der Waals surface area contributed by atoms with Gasteiger partial charge in [0.1, 0.15) is 11.6 Å². The number of carboxylic acid groups (broad SMARTS) is 1. The third-order valence-corrected chi connectivity index (χ3v) is 5.88. The molecule has 150 valence electrons. The molecule has 2 aliphatic heterocycles. The molecule has 27 heavy (non-hydrogen) atoms. The minimum Gasteiger partial charge on any atom is -0.482 e. The van der Waals surface area contributed by atoms with Gasteiger partial charge in [-0.15, -0.1) is 0 Å². The first kappa shape index (κ1) is 20.0. The maximum absolute atomic E-state index is 15.3. The van der Waals surface area contributed by atoms with Crippen LogP contribution in [0.4, 0.5) is 4.39 Å². The molecule has 0 amide bonds. The van der Waals surface area contributed by atoms with E-state index in [2.05, 4.69) is 17.1 Å². The molecule has 0 saturated carbocycles. The Labute approximate surface area is 159 Å². The number of fused-ring (bicyclic) bond motifs is 2. The van der Waals surface area contributed by atoms with Gasteiger partial charge in [0.25, 0.3) is 0 Å². The highest BCUT2D eigenvalue weighted by Crippen LogP contribution is 2.50. The SMILES string of the molecule is CCC1OC(C)c2cc(OCC(=O)O)cc(F)c2C12CCN(CNC)CC2. The number of rotatable bonds is 6. The second-order valence-electron chi connectivity index (χ2n) is 7.51. The summed E-state index contributed by atoms with van der Waals surface area (Å²) in [6, 6.07) is 3.08. The first-order valence-corrected chi connectivity index (χ1v) is 9.62. The lowest BCUT2D eigenvalue weighted by atomic mass is 9.64. The van der Waals surface area contributed by atoms with Crippen molar-refractivity contribution in [2.24, 2.45) is 0 Å². The lowest BCUT2D eigenvalue weighted by molar-refractivity contribution is -0.139. The van der Waals surface area contributed by atoms with E-state index in [0.717, 1.165) is 50.1 Å². The summed E-state index contributed by atoms with van der Waals surface area (Å²) in [5.74, 6) is -1.16. The largest absolute Gasteiger partial charge is 0.482 e. The Hall–Kier alpha value is -1.70. The Kier molecular flexibility index (Phi) is 6.03. The van der Waals surface area contributed by atoms with Crippen LogP contribution in [-0.2, 0) is 14.9 Å². The van der Waals surface area contributed by atoms with Crippen LogP contribution in [0.25, 0.3) is 0 Å². The van der Waals surface area contributed by atoms with Gasteiger partial charge in [-0.25, -0.2) is 9.18 Å². The minimum absolute atomic E-state index is 0.0305. The van der Waals surface area contributed by atoms with Crippen molar-refractivity contribution in [2.45, 2.75) is 50.7 Å². The molecule has 2 heterocycles. The van der Waals surface area contributed by atoms with Gasteiger partial charge >= 0.3 is 5.97 Å². The van der Waals surface area contributed by atoms with Crippen molar-refractivity contribution < 1.29 is 23.8 Å². The molecular weight excluding hydrogens is 351 g/mol. The first-order chi connectivity index (χ1) is 12.9. The summed E-state index contributed by atoms with van der Waals surface area (Å²) in [5, 5.41) is 12.0. The maximum atomic E-state index is 15.3. The van der Waals surface area contributed by atoms with Crippen LogP contribution in [0.5, 0.6) is 5.75 Å². The predicted molar refractivity (Wildman–Crippen MR) is 99.5 cm³/mol. The van der Waals surface area contributed by atoms with Crippen LogP contribution in [0.2, 0.25) is 0 Å². The zero-order chi connectivity index (χ0) is 19.6. The number of nitrogens with one attached hydrogen (secondary N) is 1. The fourth-order valence-electron chi connectivity index (χ4n) is 4.68. The summed E-state index contributed by atoms with van der Waals surface area (Å²) in [7, 11) is 1.93. The fourth-order valence-corrected chi connectivity index (χ4v) is 4.68. The van der Waals surface area contributed by atoms with Crippen molar-refractivity contribution in [3.05, 3.63) is 29.1 Å². The molecule has 7 heteroatoms. The Balaban J connectivity index is 1.98. The number of ether oxygens (including phenoxy) is 2. The number of likely N-dealkylation sites (tertiary alicyclic amines) is 1. The van der Waals surface area contributed by atoms with Crippen LogP contribution in [-0.4, -0.2) is 55.5 Å². The van der Waals surface area contributed by atoms with Gasteiger partial charge < -0.3 is 19.9 Å². The highest BCUT2D eigenvalue weighted by Gasteiger charge is 2.49. The number of nitrogens with zero attached hydrogens (tertiary/aromatic N) is 1. The highest BCUT2D eigenvalue weighted by molar-refractivity contribution is 5.68. The Morgan fingerprint density at radius 3 is 2.74 bits per heavy atom. The van der Waals surface area contributed by atoms with Crippen molar-refractivity contribution in [1.29, 1.82) is 0 Å². The van der Waals surface area contributed by atoms with Gasteiger partial charge in [0.05, 0.1) is 12.2 Å². The van der Waals surface area contributed by atoms with Crippen molar-refractivity contribution in [3.63, 3.8) is 0 Å². The molecule has 1 spiro atoms. The number of aliphatic carboxylic acids is 1. The van der Waals surface area contributed by atoms with E-state index < -0.39 is 12.6 Å². The Morgan fingerprint density at radius 2 is 2.15 bits per heavy atom. The molecule has 2 unspecified atom stereocenters. The number of hydrogen-bond donors (Lipinski definition) is 2. The Morgan fingerprint density at radius 1 is 1.44 bits per heavy atom. The first-order valence-electron chi connectivity index (χ1n) is 9.62. The fraction of sp³-hybridized carbons (Fsp3) is 0.650. The van der Waals surface area contributed by atoms with Crippen molar-refractivity contribution in [1.82, 2.24) is 10.2 Å². The zero-order valence-electron chi connectivity index (χ0n) is 16.3. The number of hydrogen-bond acceptors (Lipinski definition) is 5. The topological polar surface area (TPSA) is 71.0 Å². The molecule has 3 rings (SSSR count). The van der Waals surface area contributed by atoms with E-state index in [4.69, 9.17) is 14.6 Å². The number of benzene rings is 1. The van der Waals surface area contributed by atoms with E-state index in [1.807, 2.05) is 14.0 Å². The summed E-state index contributed by atoms with van der Waals surface area (Å²) < 4.78 is 26.8. The second-order valence-corrected chi connectivity index (χ2v) is 7.51. The maximum Gasteiger partial charge on any atom is 0.341 e. The lowest BCUT2D eigenvalue weighted by Gasteiger charge is -2.51. The van der Waals surface area contributed by atoms with Crippen LogP contribution >= 0.6 is 0 Å². The summed E-state index contributed by atoms with van der Waals surface area (Å²) in [4.78, 5) is 13.1. The molecule has 0 radical (unpaired) electrons. The molecule has 1 aromatic carbocycles. The minimum atomic E-state index is -1.09. The number of halogens is 1. The molecule has 6 nitrogen and oxygen atoms in total. The molecule has 0 aromatic heterocycles. The predicted octanol–water partition coefficient (Wildman–Crippen LogP) is 2.67. The third-order valence-electron chi connectivity index (χ3n) is 5.88. The van der Waals surface area contributed by atoms with E-state index in [1.165, 1.54) is 6.07 Å². The molecule has 1 fully saturated rings. The summed E-state index contributed by atoms with van der Waals surface area (Å²) in [5.41, 5.74) is 1.16. The molecule has 2 N–H and O–H groups in total. The lowest BCUT2D eigenvalue weighted by Crippen LogP contribution is -2.54. The van der Waals surface area contributed by atoms with Gasteiger partial charge in [-0.05, 0) is 44.9 Å². The van der Waals surface area contributed by atoms with Crippen molar-refractivity contribution in [3.8, 4) is 5.75 Å². The van der Waals surface area contributed by atoms with Crippen LogP contribution in [0.15, 0.2) is 12.1 Å². The normalized spacial score (nSPS) is 24.6.